The quantitative estimate of drug-likeness (QED) is 0.758. The van der Waals surface area contributed by atoms with Gasteiger partial charge in [0.15, 0.2) is 0 Å². The van der Waals surface area contributed by atoms with Gasteiger partial charge in [-0.15, -0.1) is 0 Å². The number of nitrogens with one attached hydrogen (secondary N) is 1. The van der Waals surface area contributed by atoms with E-state index >= 15 is 0 Å². The Labute approximate surface area is 109 Å². The monoisotopic (exact) mass is 256 g/mol. The van der Waals surface area contributed by atoms with E-state index in [1.54, 1.807) is 6.92 Å². The number of carbonyl (C=O) groups is 2. The van der Waals surface area contributed by atoms with Crippen molar-refractivity contribution in [2.24, 2.45) is 5.92 Å². The summed E-state index contributed by atoms with van der Waals surface area (Å²) in [5, 5.41) is 2.72. The van der Waals surface area contributed by atoms with Gasteiger partial charge in [0, 0.05) is 6.54 Å². The third kappa shape index (κ3) is 4.64. The summed E-state index contributed by atoms with van der Waals surface area (Å²) in [5.41, 5.74) is -0.524. The fourth-order valence-electron chi connectivity index (χ4n) is 1.93. The minimum Gasteiger partial charge on any atom is -0.458 e. The molecule has 0 saturated carbocycles. The number of ether oxygens (including phenoxy) is 1. The van der Waals surface area contributed by atoms with Gasteiger partial charge in [0.1, 0.15) is 11.6 Å². The average molecular weight is 256 g/mol. The van der Waals surface area contributed by atoms with Gasteiger partial charge in [-0.05, 0) is 47.7 Å². The number of amides is 1. The largest absolute Gasteiger partial charge is 0.458 e. The standard InChI is InChI=1S/C13H24N2O3/c1-9(12(17)18-13(2,3)4)14-11(16)10-6-7-15(5)8-10/h9-10H,6-8H2,1-5H3,(H,14,16)/t9-,10?/m1/s1. The Morgan fingerprint density at radius 3 is 2.44 bits per heavy atom. The van der Waals surface area contributed by atoms with Gasteiger partial charge in [0.2, 0.25) is 5.91 Å². The van der Waals surface area contributed by atoms with E-state index in [1.807, 2.05) is 27.8 Å². The van der Waals surface area contributed by atoms with Crippen LogP contribution in [0, 0.1) is 5.92 Å². The molecule has 1 fully saturated rings. The molecule has 1 rings (SSSR count). The molecule has 1 saturated heterocycles. The number of likely N-dealkylation sites (tertiary alicyclic amines) is 1. The fraction of sp³-hybridized carbons (Fsp3) is 0.846. The van der Waals surface area contributed by atoms with Gasteiger partial charge in [-0.25, -0.2) is 4.79 Å². The number of hydrogen-bond acceptors (Lipinski definition) is 4. The van der Waals surface area contributed by atoms with Crippen LogP contribution in [0.5, 0.6) is 0 Å². The molecule has 18 heavy (non-hydrogen) atoms. The van der Waals surface area contributed by atoms with Gasteiger partial charge >= 0.3 is 5.97 Å². The molecule has 0 radical (unpaired) electrons. The van der Waals surface area contributed by atoms with Gasteiger partial charge in [-0.1, -0.05) is 0 Å². The second kappa shape index (κ2) is 5.69. The number of hydrogen-bond donors (Lipinski definition) is 1. The molecule has 104 valence electrons. The second-order valence-electron chi connectivity index (χ2n) is 6.01. The first-order valence-electron chi connectivity index (χ1n) is 6.41. The Balaban J connectivity index is 2.42. The molecule has 2 atom stereocenters. The number of rotatable bonds is 3. The van der Waals surface area contributed by atoms with Crippen LogP contribution in [0.15, 0.2) is 0 Å². The predicted molar refractivity (Wildman–Crippen MR) is 69.1 cm³/mol. The predicted octanol–water partition coefficient (Wildman–Crippen LogP) is 0.785. The van der Waals surface area contributed by atoms with Crippen molar-refractivity contribution in [2.45, 2.75) is 45.8 Å². The zero-order valence-corrected chi connectivity index (χ0v) is 11.9. The van der Waals surface area contributed by atoms with Crippen molar-refractivity contribution in [3.8, 4) is 0 Å². The lowest BCUT2D eigenvalue weighted by molar-refractivity contribution is -0.158. The molecule has 0 aliphatic carbocycles. The van der Waals surface area contributed by atoms with Crippen LogP contribution in [0.3, 0.4) is 0 Å². The molecule has 1 unspecified atom stereocenters. The molecule has 5 nitrogen and oxygen atoms in total. The van der Waals surface area contributed by atoms with Crippen LogP contribution in [0.2, 0.25) is 0 Å². The maximum Gasteiger partial charge on any atom is 0.328 e. The Hall–Kier alpha value is -1.10. The van der Waals surface area contributed by atoms with Crippen molar-refractivity contribution in [3.05, 3.63) is 0 Å². The van der Waals surface area contributed by atoms with Crippen LogP contribution in [0.25, 0.3) is 0 Å². The zero-order chi connectivity index (χ0) is 13.9. The van der Waals surface area contributed by atoms with E-state index in [2.05, 4.69) is 10.2 Å². The Bertz CT molecular complexity index is 323. The number of esters is 1. The number of nitrogens with zero attached hydrogens (tertiary/aromatic N) is 1. The first kappa shape index (κ1) is 15.0. The minimum atomic E-state index is -0.595. The van der Waals surface area contributed by atoms with Gasteiger partial charge in [0.25, 0.3) is 0 Å². The third-order valence-corrected chi connectivity index (χ3v) is 2.88. The third-order valence-electron chi connectivity index (χ3n) is 2.88. The maximum atomic E-state index is 11.9. The Kier molecular flexibility index (Phi) is 4.73. The molecule has 0 aromatic rings. The summed E-state index contributed by atoms with van der Waals surface area (Å²) in [5.74, 6) is -0.459. The molecule has 5 heteroatoms. The van der Waals surface area contributed by atoms with Crippen LogP contribution in [-0.4, -0.2) is 48.6 Å². The highest BCUT2D eigenvalue weighted by atomic mass is 16.6. The van der Waals surface area contributed by atoms with Gasteiger partial charge in [-0.3, -0.25) is 4.79 Å². The minimum absolute atomic E-state index is 0.0140. The number of carbonyl (C=O) groups excluding carboxylic acids is 2. The molecule has 1 amide bonds. The molecular weight excluding hydrogens is 232 g/mol. The molecule has 0 aromatic carbocycles. The first-order chi connectivity index (χ1) is 8.19. The molecule has 1 heterocycles. The van der Waals surface area contributed by atoms with Gasteiger partial charge in [-0.2, -0.15) is 0 Å². The van der Waals surface area contributed by atoms with E-state index in [9.17, 15) is 9.59 Å². The van der Waals surface area contributed by atoms with Crippen LogP contribution in [0.4, 0.5) is 0 Å². The van der Waals surface area contributed by atoms with E-state index in [0.29, 0.717) is 0 Å². The van der Waals surface area contributed by atoms with Gasteiger partial charge in [0.05, 0.1) is 5.92 Å². The molecule has 0 spiro atoms. The average Bonchev–Trinajstić information content (AvgIpc) is 2.62. The topological polar surface area (TPSA) is 58.6 Å². The summed E-state index contributed by atoms with van der Waals surface area (Å²) in [6, 6.07) is -0.595. The van der Waals surface area contributed by atoms with Crippen molar-refractivity contribution < 1.29 is 14.3 Å². The van der Waals surface area contributed by atoms with E-state index in [0.717, 1.165) is 19.5 Å². The van der Waals surface area contributed by atoms with Gasteiger partial charge < -0.3 is 15.0 Å². The highest BCUT2D eigenvalue weighted by Gasteiger charge is 2.29. The molecular formula is C13H24N2O3. The molecule has 0 aromatic heterocycles. The second-order valence-corrected chi connectivity index (χ2v) is 6.01. The van der Waals surface area contributed by atoms with Crippen LogP contribution >= 0.6 is 0 Å². The van der Waals surface area contributed by atoms with Crippen molar-refractivity contribution in [3.63, 3.8) is 0 Å². The smallest absolute Gasteiger partial charge is 0.328 e. The van der Waals surface area contributed by atoms with Crippen molar-refractivity contribution >= 4 is 11.9 Å². The summed E-state index contributed by atoms with van der Waals surface area (Å²) < 4.78 is 5.22. The van der Waals surface area contributed by atoms with E-state index in [1.165, 1.54) is 0 Å². The van der Waals surface area contributed by atoms with Crippen LogP contribution in [-0.2, 0) is 14.3 Å². The lowest BCUT2D eigenvalue weighted by Crippen LogP contribution is -2.44. The summed E-state index contributed by atoms with van der Waals surface area (Å²) in [6.07, 6.45) is 0.851. The van der Waals surface area contributed by atoms with Crippen molar-refractivity contribution in [1.82, 2.24) is 10.2 Å². The van der Waals surface area contributed by atoms with Crippen LogP contribution < -0.4 is 5.32 Å². The lowest BCUT2D eigenvalue weighted by atomic mass is 10.1. The molecule has 0 bridgehead atoms. The van der Waals surface area contributed by atoms with Crippen molar-refractivity contribution in [1.29, 1.82) is 0 Å². The first-order valence-corrected chi connectivity index (χ1v) is 6.41. The summed E-state index contributed by atoms with van der Waals surface area (Å²) >= 11 is 0. The van der Waals surface area contributed by atoms with Crippen LogP contribution in [0.1, 0.15) is 34.1 Å². The maximum absolute atomic E-state index is 11.9. The molecule has 1 aliphatic rings. The lowest BCUT2D eigenvalue weighted by Gasteiger charge is -2.23. The fourth-order valence-corrected chi connectivity index (χ4v) is 1.93. The molecule has 1 N–H and O–H groups in total. The normalized spacial score (nSPS) is 22.6. The highest BCUT2D eigenvalue weighted by Crippen LogP contribution is 2.15. The SMILES string of the molecule is C[C@@H](NC(=O)C1CCN(C)C1)C(=O)OC(C)(C)C. The summed E-state index contributed by atoms with van der Waals surface area (Å²) in [6.45, 7) is 8.78. The summed E-state index contributed by atoms with van der Waals surface area (Å²) in [7, 11) is 1.99. The summed E-state index contributed by atoms with van der Waals surface area (Å²) in [4.78, 5) is 25.8. The molecule has 1 aliphatic heterocycles. The Morgan fingerprint density at radius 2 is 2.00 bits per heavy atom. The van der Waals surface area contributed by atoms with E-state index in [-0.39, 0.29) is 17.8 Å². The van der Waals surface area contributed by atoms with Crippen molar-refractivity contribution in [2.75, 3.05) is 20.1 Å². The van der Waals surface area contributed by atoms with E-state index in [4.69, 9.17) is 4.74 Å². The Morgan fingerprint density at radius 1 is 1.39 bits per heavy atom. The zero-order valence-electron chi connectivity index (χ0n) is 11.9. The van der Waals surface area contributed by atoms with E-state index < -0.39 is 11.6 Å². The highest BCUT2D eigenvalue weighted by molar-refractivity contribution is 5.85.